The largest absolute Gasteiger partial charge is 0.389 e. The fraction of sp³-hybridized carbons (Fsp3) is 0.538. The van der Waals surface area contributed by atoms with Gasteiger partial charge in [-0.1, -0.05) is 19.1 Å². The Morgan fingerprint density at radius 3 is 2.72 bits per heavy atom. The summed E-state index contributed by atoms with van der Waals surface area (Å²) in [6.07, 6.45) is 3.22. The Hall–Kier alpha value is -0.810. The zero-order valence-corrected chi connectivity index (χ0v) is 13.1. The van der Waals surface area contributed by atoms with Crippen LogP contribution >= 0.6 is 24.0 Å². The van der Waals surface area contributed by atoms with Crippen molar-refractivity contribution in [1.29, 1.82) is 0 Å². The molecule has 0 spiro atoms. The van der Waals surface area contributed by atoms with Crippen LogP contribution in [-0.2, 0) is 0 Å². The number of rotatable bonds is 6. The molecule has 1 heterocycles. The molecule has 0 amide bonds. The summed E-state index contributed by atoms with van der Waals surface area (Å²) in [5.41, 5.74) is 7.53. The van der Waals surface area contributed by atoms with Gasteiger partial charge in [-0.3, -0.25) is 0 Å². The summed E-state index contributed by atoms with van der Waals surface area (Å²) in [6, 6.07) is 4.38. The molecule has 0 fully saturated rings. The number of hydrogen-bond donors (Lipinski definition) is 1. The highest BCUT2D eigenvalue weighted by molar-refractivity contribution is 7.98. The fourth-order valence-corrected chi connectivity index (χ4v) is 2.82. The van der Waals surface area contributed by atoms with Crippen LogP contribution in [0.15, 0.2) is 12.1 Å². The molecule has 1 unspecified atom stereocenters. The van der Waals surface area contributed by atoms with Crippen LogP contribution in [0.3, 0.4) is 0 Å². The minimum atomic E-state index is 0.424. The first kappa shape index (κ1) is 15.2. The number of anilines is 1. The average molecular weight is 283 g/mol. The first-order valence-corrected chi connectivity index (χ1v) is 7.80. The Labute approximate surface area is 119 Å². The molecule has 1 aromatic rings. The molecule has 18 heavy (non-hydrogen) atoms. The summed E-state index contributed by atoms with van der Waals surface area (Å²) in [5, 5.41) is 0. The van der Waals surface area contributed by atoms with Crippen LogP contribution in [0.2, 0.25) is 0 Å². The van der Waals surface area contributed by atoms with Crippen molar-refractivity contribution >= 4 is 34.8 Å². The molecule has 1 aromatic heterocycles. The number of thiocarbonyl (C=S) groups is 1. The predicted octanol–water partition coefficient (Wildman–Crippen LogP) is 2.60. The molecule has 100 valence electrons. The Morgan fingerprint density at radius 2 is 2.22 bits per heavy atom. The maximum atomic E-state index is 5.70. The molecule has 5 heteroatoms. The van der Waals surface area contributed by atoms with Crippen molar-refractivity contribution in [1.82, 2.24) is 4.98 Å². The van der Waals surface area contributed by atoms with Gasteiger partial charge in [-0.05, 0) is 31.7 Å². The summed E-state index contributed by atoms with van der Waals surface area (Å²) < 4.78 is 0. The van der Waals surface area contributed by atoms with Gasteiger partial charge in [0.15, 0.2) is 0 Å². The number of nitrogens with zero attached hydrogens (tertiary/aromatic N) is 2. The molecule has 0 radical (unpaired) electrons. The lowest BCUT2D eigenvalue weighted by Crippen LogP contribution is -2.34. The monoisotopic (exact) mass is 283 g/mol. The molecular weight excluding hydrogens is 262 g/mol. The summed E-state index contributed by atoms with van der Waals surface area (Å²) >= 11 is 6.89. The van der Waals surface area contributed by atoms with Gasteiger partial charge in [0.1, 0.15) is 10.8 Å². The van der Waals surface area contributed by atoms with E-state index < -0.39 is 0 Å². The Bertz CT molecular complexity index is 421. The van der Waals surface area contributed by atoms with E-state index in [1.807, 2.05) is 30.8 Å². The normalized spacial score (nSPS) is 12.2. The van der Waals surface area contributed by atoms with Crippen LogP contribution in [0.25, 0.3) is 0 Å². The van der Waals surface area contributed by atoms with Crippen LogP contribution in [0.4, 0.5) is 5.82 Å². The summed E-state index contributed by atoms with van der Waals surface area (Å²) in [5.74, 6) is 2.03. The number of thioether (sulfide) groups is 1. The van der Waals surface area contributed by atoms with Crippen molar-refractivity contribution in [3.63, 3.8) is 0 Å². The van der Waals surface area contributed by atoms with Gasteiger partial charge in [0.05, 0.1) is 0 Å². The minimum Gasteiger partial charge on any atom is -0.389 e. The van der Waals surface area contributed by atoms with Gasteiger partial charge in [-0.25, -0.2) is 4.98 Å². The van der Waals surface area contributed by atoms with Gasteiger partial charge in [0, 0.05) is 30.1 Å². The van der Waals surface area contributed by atoms with Crippen molar-refractivity contribution in [3.8, 4) is 0 Å². The minimum absolute atomic E-state index is 0.424. The van der Waals surface area contributed by atoms with Gasteiger partial charge in [-0.15, -0.1) is 0 Å². The Balaban J connectivity index is 3.04. The third kappa shape index (κ3) is 3.85. The predicted molar refractivity (Wildman–Crippen MR) is 85.7 cm³/mol. The molecule has 0 bridgehead atoms. The van der Waals surface area contributed by atoms with Crippen LogP contribution in [0, 0.1) is 6.92 Å². The molecule has 0 aliphatic heterocycles. The lowest BCUT2D eigenvalue weighted by atomic mass is 10.2. The molecule has 1 rings (SSSR count). The topological polar surface area (TPSA) is 42.1 Å². The third-order valence-electron chi connectivity index (χ3n) is 2.96. The molecule has 0 aliphatic carbocycles. The molecule has 3 nitrogen and oxygen atoms in total. The van der Waals surface area contributed by atoms with Gasteiger partial charge in [-0.2, -0.15) is 11.8 Å². The highest BCUT2D eigenvalue weighted by Gasteiger charge is 2.15. The van der Waals surface area contributed by atoms with Crippen molar-refractivity contribution < 1.29 is 0 Å². The van der Waals surface area contributed by atoms with E-state index in [4.69, 9.17) is 18.0 Å². The van der Waals surface area contributed by atoms with Gasteiger partial charge < -0.3 is 10.6 Å². The van der Waals surface area contributed by atoms with Crippen molar-refractivity contribution in [2.45, 2.75) is 26.3 Å². The number of hydrogen-bond acceptors (Lipinski definition) is 4. The SMILES string of the molecule is CCC(CSC)N(C)c1cc(C(N)=S)cc(C)n1. The highest BCUT2D eigenvalue weighted by atomic mass is 32.2. The zero-order chi connectivity index (χ0) is 13.7. The first-order chi connectivity index (χ1) is 8.49. The Morgan fingerprint density at radius 1 is 1.56 bits per heavy atom. The van der Waals surface area contributed by atoms with E-state index in [-0.39, 0.29) is 0 Å². The van der Waals surface area contributed by atoms with E-state index in [1.165, 1.54) is 0 Å². The molecule has 0 aromatic carbocycles. The van der Waals surface area contributed by atoms with Crippen molar-refractivity contribution in [3.05, 3.63) is 23.4 Å². The third-order valence-corrected chi connectivity index (χ3v) is 3.92. The highest BCUT2D eigenvalue weighted by Crippen LogP contribution is 2.19. The van der Waals surface area contributed by atoms with Gasteiger partial charge in [0.2, 0.25) is 0 Å². The second kappa shape index (κ2) is 6.95. The maximum Gasteiger partial charge on any atom is 0.129 e. The van der Waals surface area contributed by atoms with Gasteiger partial charge >= 0.3 is 0 Å². The number of nitrogens with two attached hydrogens (primary N) is 1. The van der Waals surface area contributed by atoms with Crippen LogP contribution in [-0.4, -0.2) is 35.1 Å². The molecule has 2 N–H and O–H groups in total. The van der Waals surface area contributed by atoms with Gasteiger partial charge in [0.25, 0.3) is 0 Å². The van der Waals surface area contributed by atoms with Crippen LogP contribution < -0.4 is 10.6 Å². The van der Waals surface area contributed by atoms with Crippen LogP contribution in [0.1, 0.15) is 24.6 Å². The smallest absolute Gasteiger partial charge is 0.129 e. The van der Waals surface area contributed by atoms with Crippen LogP contribution in [0.5, 0.6) is 0 Å². The molecule has 0 aliphatic rings. The average Bonchev–Trinajstić information content (AvgIpc) is 2.34. The maximum absolute atomic E-state index is 5.70. The summed E-state index contributed by atoms with van der Waals surface area (Å²) in [7, 11) is 2.08. The van der Waals surface area contributed by atoms with E-state index >= 15 is 0 Å². The number of aryl methyl sites for hydroxylation is 1. The first-order valence-electron chi connectivity index (χ1n) is 5.99. The number of aromatic nitrogens is 1. The van der Waals surface area contributed by atoms with E-state index in [9.17, 15) is 0 Å². The Kier molecular flexibility index (Phi) is 5.88. The molecule has 0 saturated carbocycles. The quantitative estimate of drug-likeness (QED) is 0.813. The lowest BCUT2D eigenvalue weighted by molar-refractivity contribution is 0.665. The summed E-state index contributed by atoms with van der Waals surface area (Å²) in [6.45, 7) is 4.16. The van der Waals surface area contributed by atoms with E-state index in [0.717, 1.165) is 29.2 Å². The molecule has 0 saturated heterocycles. The standard InChI is InChI=1S/C13H21N3S2/c1-5-11(8-18-4)16(3)12-7-10(13(14)17)6-9(2)15-12/h6-7,11H,5,8H2,1-4H3,(H2,14,17). The molecular formula is C13H21N3S2. The zero-order valence-electron chi connectivity index (χ0n) is 11.4. The summed E-state index contributed by atoms with van der Waals surface area (Å²) in [4.78, 5) is 7.21. The second-order valence-electron chi connectivity index (χ2n) is 4.35. The van der Waals surface area contributed by atoms with E-state index in [0.29, 0.717) is 11.0 Å². The molecule has 1 atom stereocenters. The second-order valence-corrected chi connectivity index (χ2v) is 5.70. The van der Waals surface area contributed by atoms with Crippen molar-refractivity contribution in [2.24, 2.45) is 5.73 Å². The lowest BCUT2D eigenvalue weighted by Gasteiger charge is -2.28. The van der Waals surface area contributed by atoms with E-state index in [2.05, 4.69) is 30.1 Å². The number of pyridine rings is 1. The van der Waals surface area contributed by atoms with E-state index in [1.54, 1.807) is 0 Å². The van der Waals surface area contributed by atoms with Crippen molar-refractivity contribution in [2.75, 3.05) is 24.0 Å². The fourth-order valence-electron chi connectivity index (χ4n) is 1.86.